The average molecular weight is 563 g/mol. The van der Waals surface area contributed by atoms with Crippen molar-refractivity contribution in [2.45, 2.75) is 36.9 Å². The summed E-state index contributed by atoms with van der Waals surface area (Å²) in [6, 6.07) is 12.8. The van der Waals surface area contributed by atoms with Crippen molar-refractivity contribution >= 4 is 45.6 Å². The Morgan fingerprint density at radius 3 is 2.82 bits per heavy atom. The Kier molecular flexibility index (Phi) is 7.20. The number of aromatic nitrogens is 2. The summed E-state index contributed by atoms with van der Waals surface area (Å²) >= 11 is 2.46. The van der Waals surface area contributed by atoms with Crippen LogP contribution < -0.4 is 20.7 Å². The van der Waals surface area contributed by atoms with Gasteiger partial charge in [0, 0.05) is 17.7 Å². The van der Waals surface area contributed by atoms with E-state index in [-0.39, 0.29) is 34.3 Å². The highest BCUT2D eigenvalue weighted by molar-refractivity contribution is 8.01. The molecule has 0 bridgehead atoms. The molecule has 39 heavy (non-hydrogen) atoms. The van der Waals surface area contributed by atoms with Gasteiger partial charge in [0.1, 0.15) is 17.3 Å². The summed E-state index contributed by atoms with van der Waals surface area (Å²) in [5.74, 6) is 0.379. The Bertz CT molecular complexity index is 1530. The number of ketones is 1. The number of Topliss-reactive ketones (excluding diaryl/α,β-unsaturated/α-hetero) is 1. The number of hydrogen-bond acceptors (Lipinski definition) is 11. The van der Waals surface area contributed by atoms with Crippen LogP contribution in [0.4, 0.5) is 10.8 Å². The molecule has 3 aromatic rings. The van der Waals surface area contributed by atoms with Crippen molar-refractivity contribution < 1.29 is 18.7 Å². The molecule has 0 saturated heterocycles. The number of thioether (sulfide) groups is 1. The summed E-state index contributed by atoms with van der Waals surface area (Å²) in [5.41, 5.74) is 8.27. The monoisotopic (exact) mass is 562 g/mol. The number of nitrogens with zero attached hydrogens (tertiary/aromatic N) is 4. The zero-order chi connectivity index (χ0) is 27.7. The van der Waals surface area contributed by atoms with Gasteiger partial charge >= 0.3 is 0 Å². The predicted molar refractivity (Wildman–Crippen MR) is 148 cm³/mol. The molecular weight excluding hydrogens is 536 g/mol. The van der Waals surface area contributed by atoms with Gasteiger partial charge in [-0.15, -0.1) is 10.2 Å². The van der Waals surface area contributed by atoms with E-state index in [2.05, 4.69) is 21.6 Å². The van der Waals surface area contributed by atoms with Gasteiger partial charge in [-0.25, -0.2) is 0 Å². The molecule has 0 radical (unpaired) electrons. The van der Waals surface area contributed by atoms with E-state index in [0.29, 0.717) is 50.8 Å². The standard InChI is InChI=1S/C27H26N6O4S2/c1-27(2)11-17-23(18(34)12-27)22(20-9-6-10-37-20)15(13-28)24(29)33(17)25-31-32-26(39-25)38-14-21(35)30-16-7-4-5-8-19(16)36-3/h4-10,22H,11-12,14,29H2,1-3H3,(H,30,35). The summed E-state index contributed by atoms with van der Waals surface area (Å²) in [5, 5.41) is 21.9. The predicted octanol–water partition coefficient (Wildman–Crippen LogP) is 4.81. The molecule has 1 aliphatic carbocycles. The summed E-state index contributed by atoms with van der Waals surface area (Å²) in [6.45, 7) is 4.05. The molecule has 12 heteroatoms. The van der Waals surface area contributed by atoms with Crippen molar-refractivity contribution in [1.82, 2.24) is 10.2 Å². The van der Waals surface area contributed by atoms with E-state index in [4.69, 9.17) is 14.9 Å². The van der Waals surface area contributed by atoms with E-state index in [0.717, 1.165) is 0 Å². The number of para-hydroxylation sites is 2. The zero-order valence-corrected chi connectivity index (χ0v) is 23.2. The number of furan rings is 1. The van der Waals surface area contributed by atoms with Crippen molar-refractivity contribution in [2.75, 3.05) is 23.1 Å². The smallest absolute Gasteiger partial charge is 0.234 e. The van der Waals surface area contributed by atoms with Gasteiger partial charge in [0.25, 0.3) is 0 Å². The van der Waals surface area contributed by atoms with Crippen LogP contribution in [0.1, 0.15) is 38.4 Å². The van der Waals surface area contributed by atoms with Crippen molar-refractivity contribution in [2.24, 2.45) is 11.1 Å². The normalized spacial score (nSPS) is 18.6. The fourth-order valence-corrected chi connectivity index (χ4v) is 6.56. The average Bonchev–Trinajstić information content (AvgIpc) is 3.59. The van der Waals surface area contributed by atoms with Gasteiger partial charge < -0.3 is 20.2 Å². The first-order valence-electron chi connectivity index (χ1n) is 12.1. The molecule has 200 valence electrons. The maximum Gasteiger partial charge on any atom is 0.234 e. The zero-order valence-electron chi connectivity index (χ0n) is 21.6. The first-order chi connectivity index (χ1) is 18.7. The molecule has 1 aromatic carbocycles. The van der Waals surface area contributed by atoms with Gasteiger partial charge in [-0.3, -0.25) is 14.5 Å². The van der Waals surface area contributed by atoms with Gasteiger partial charge in [0.2, 0.25) is 11.0 Å². The lowest BCUT2D eigenvalue weighted by Crippen LogP contribution is -2.42. The Morgan fingerprint density at radius 1 is 1.31 bits per heavy atom. The van der Waals surface area contributed by atoms with E-state index in [1.165, 1.54) is 29.4 Å². The molecule has 2 aromatic heterocycles. The van der Waals surface area contributed by atoms with E-state index < -0.39 is 5.92 Å². The second kappa shape index (κ2) is 10.6. The number of rotatable bonds is 7. The van der Waals surface area contributed by atoms with Crippen LogP contribution in [-0.4, -0.2) is 34.8 Å². The third kappa shape index (κ3) is 5.15. The van der Waals surface area contributed by atoms with E-state index >= 15 is 0 Å². The van der Waals surface area contributed by atoms with Gasteiger partial charge in [0.15, 0.2) is 10.1 Å². The highest BCUT2D eigenvalue weighted by Crippen LogP contribution is 2.50. The number of anilines is 2. The molecule has 10 nitrogen and oxygen atoms in total. The van der Waals surface area contributed by atoms with Crippen molar-refractivity contribution in [1.29, 1.82) is 5.26 Å². The molecule has 5 rings (SSSR count). The second-order valence-corrected chi connectivity index (χ2v) is 12.1. The van der Waals surface area contributed by atoms with Crippen LogP contribution in [0, 0.1) is 16.7 Å². The number of carbonyl (C=O) groups excluding carboxylic acids is 2. The van der Waals surface area contributed by atoms with Crippen LogP contribution >= 0.6 is 23.1 Å². The van der Waals surface area contributed by atoms with Crippen molar-refractivity contribution in [3.63, 3.8) is 0 Å². The van der Waals surface area contributed by atoms with Gasteiger partial charge in [-0.1, -0.05) is 49.1 Å². The van der Waals surface area contributed by atoms with E-state index in [1.807, 2.05) is 26.0 Å². The minimum atomic E-state index is -0.680. The number of methoxy groups -OCH3 is 1. The fraction of sp³-hybridized carbons (Fsp3) is 0.296. The molecule has 1 unspecified atom stereocenters. The SMILES string of the molecule is COc1ccccc1NC(=O)CSc1nnc(N2C(N)=C(C#N)C(c3ccco3)C3=C2CC(C)(C)CC3=O)s1. The molecule has 3 N–H and O–H groups in total. The highest BCUT2D eigenvalue weighted by Gasteiger charge is 2.46. The highest BCUT2D eigenvalue weighted by atomic mass is 32.2. The molecule has 1 amide bonds. The topological polar surface area (TPSA) is 147 Å². The lowest BCUT2D eigenvalue weighted by Gasteiger charge is -2.42. The largest absolute Gasteiger partial charge is 0.495 e. The third-order valence-corrected chi connectivity index (χ3v) is 8.55. The van der Waals surface area contributed by atoms with Crippen molar-refractivity contribution in [3.05, 3.63) is 71.1 Å². The van der Waals surface area contributed by atoms with Crippen LogP contribution in [0.2, 0.25) is 0 Å². The second-order valence-electron chi connectivity index (χ2n) is 9.88. The number of nitrogens with one attached hydrogen (secondary N) is 1. The fourth-order valence-electron chi connectivity index (χ4n) is 4.88. The van der Waals surface area contributed by atoms with Gasteiger partial charge in [-0.2, -0.15) is 5.26 Å². The Morgan fingerprint density at radius 2 is 2.10 bits per heavy atom. The molecule has 0 spiro atoms. The maximum atomic E-state index is 13.5. The number of hydrogen-bond donors (Lipinski definition) is 2. The number of nitriles is 1. The van der Waals surface area contributed by atoms with Crippen LogP contribution in [-0.2, 0) is 9.59 Å². The Balaban J connectivity index is 1.43. The number of nitrogens with two attached hydrogens (primary N) is 1. The quantitative estimate of drug-likeness (QED) is 0.384. The molecule has 0 saturated carbocycles. The number of carbonyl (C=O) groups is 2. The lowest BCUT2D eigenvalue weighted by molar-refractivity contribution is -0.118. The first kappa shape index (κ1) is 26.5. The summed E-state index contributed by atoms with van der Waals surface area (Å²) < 4.78 is 11.5. The molecule has 2 aliphatic rings. The Hall–Kier alpha value is -4.08. The lowest BCUT2D eigenvalue weighted by atomic mass is 9.69. The minimum absolute atomic E-state index is 0.0555. The maximum absolute atomic E-state index is 13.5. The number of amides is 1. The van der Waals surface area contributed by atoms with Crippen LogP contribution in [0.25, 0.3) is 0 Å². The summed E-state index contributed by atoms with van der Waals surface area (Å²) in [6.07, 6.45) is 2.41. The van der Waals surface area contributed by atoms with Crippen molar-refractivity contribution in [3.8, 4) is 11.8 Å². The van der Waals surface area contributed by atoms with E-state index in [9.17, 15) is 14.9 Å². The third-order valence-electron chi connectivity index (χ3n) is 6.50. The van der Waals surface area contributed by atoms with E-state index in [1.54, 1.807) is 36.3 Å². The molecule has 1 atom stereocenters. The molecule has 3 heterocycles. The number of allylic oxidation sites excluding steroid dienone is 3. The molecular formula is C27H26N6O4S2. The van der Waals surface area contributed by atoms with Gasteiger partial charge in [-0.05, 0) is 36.1 Å². The molecule has 0 fully saturated rings. The van der Waals surface area contributed by atoms with Gasteiger partial charge in [0.05, 0.1) is 42.4 Å². The Labute approximate surface area is 233 Å². The molecule has 1 aliphatic heterocycles. The number of benzene rings is 1. The summed E-state index contributed by atoms with van der Waals surface area (Å²) in [4.78, 5) is 27.7. The van der Waals surface area contributed by atoms with Crippen LogP contribution in [0.3, 0.4) is 0 Å². The van der Waals surface area contributed by atoms with Crippen LogP contribution in [0.5, 0.6) is 5.75 Å². The summed E-state index contributed by atoms with van der Waals surface area (Å²) in [7, 11) is 1.54. The first-order valence-corrected chi connectivity index (χ1v) is 13.9. The minimum Gasteiger partial charge on any atom is -0.495 e. The number of ether oxygens (including phenoxy) is 1. The van der Waals surface area contributed by atoms with Crippen LogP contribution in [0.15, 0.2) is 74.1 Å².